The zero-order chi connectivity index (χ0) is 17.0. The molecule has 0 bridgehead atoms. The van der Waals surface area contributed by atoms with Crippen LogP contribution < -0.4 is 10.1 Å². The molecular weight excluding hydrogens is 298 g/mol. The van der Waals surface area contributed by atoms with Gasteiger partial charge in [0, 0.05) is 0 Å². The number of carbonyl (C=O) groups excluding carboxylic acids is 2. The van der Waals surface area contributed by atoms with E-state index in [0.29, 0.717) is 28.5 Å². The van der Waals surface area contributed by atoms with Crippen LogP contribution in [0.15, 0.2) is 28.7 Å². The highest BCUT2D eigenvalue weighted by atomic mass is 16.5. The van der Waals surface area contributed by atoms with Crippen LogP contribution in [0.4, 0.5) is 5.69 Å². The summed E-state index contributed by atoms with van der Waals surface area (Å²) in [7, 11) is 1.52. The molecule has 1 heterocycles. The third-order valence-corrected chi connectivity index (χ3v) is 3.22. The van der Waals surface area contributed by atoms with E-state index < -0.39 is 11.9 Å². The zero-order valence-corrected chi connectivity index (χ0v) is 13.6. The van der Waals surface area contributed by atoms with E-state index in [9.17, 15) is 9.59 Å². The summed E-state index contributed by atoms with van der Waals surface area (Å²) < 4.78 is 15.5. The van der Waals surface area contributed by atoms with Gasteiger partial charge in [0.2, 0.25) is 0 Å². The van der Waals surface area contributed by atoms with Gasteiger partial charge in [-0.05, 0) is 44.5 Å². The second-order valence-electron chi connectivity index (χ2n) is 5.15. The number of carbonyl (C=O) groups is 2. The van der Waals surface area contributed by atoms with Crippen molar-refractivity contribution >= 4 is 17.6 Å². The van der Waals surface area contributed by atoms with Crippen molar-refractivity contribution in [1.29, 1.82) is 0 Å². The zero-order valence-electron chi connectivity index (χ0n) is 13.6. The van der Waals surface area contributed by atoms with Gasteiger partial charge in [-0.1, -0.05) is 6.07 Å². The molecule has 0 saturated heterocycles. The van der Waals surface area contributed by atoms with Gasteiger partial charge in [-0.25, -0.2) is 4.79 Å². The minimum atomic E-state index is -0.592. The second kappa shape index (κ2) is 7.00. The Labute approximate surface area is 134 Å². The van der Waals surface area contributed by atoms with Crippen molar-refractivity contribution in [3.8, 4) is 5.75 Å². The molecule has 0 unspecified atom stereocenters. The molecular formula is C17H19NO5. The smallest absolute Gasteiger partial charge is 0.342 e. The van der Waals surface area contributed by atoms with Crippen molar-refractivity contribution in [3.63, 3.8) is 0 Å². The molecule has 0 radical (unpaired) electrons. The molecule has 0 aliphatic rings. The Bertz CT molecular complexity index is 733. The predicted octanol–water partition coefficient (Wildman–Crippen LogP) is 3.01. The number of hydrogen-bond acceptors (Lipinski definition) is 5. The number of ether oxygens (including phenoxy) is 2. The number of aryl methyl sites for hydroxylation is 3. The monoisotopic (exact) mass is 317 g/mol. The molecule has 1 N–H and O–H groups in total. The van der Waals surface area contributed by atoms with Crippen LogP contribution in [0.2, 0.25) is 0 Å². The van der Waals surface area contributed by atoms with Gasteiger partial charge in [-0.2, -0.15) is 0 Å². The summed E-state index contributed by atoms with van der Waals surface area (Å²) in [5.41, 5.74) is 1.83. The number of rotatable bonds is 5. The number of nitrogens with one attached hydrogen (secondary N) is 1. The highest BCUT2D eigenvalue weighted by Gasteiger charge is 2.17. The normalized spacial score (nSPS) is 10.3. The van der Waals surface area contributed by atoms with E-state index in [1.165, 1.54) is 7.11 Å². The molecule has 0 atom stereocenters. The fraction of sp³-hybridized carbons (Fsp3) is 0.294. The summed E-state index contributed by atoms with van der Waals surface area (Å²) in [6, 6.07) is 6.99. The van der Waals surface area contributed by atoms with Crippen LogP contribution >= 0.6 is 0 Å². The molecule has 23 heavy (non-hydrogen) atoms. The molecule has 122 valence electrons. The fourth-order valence-corrected chi connectivity index (χ4v) is 2.15. The molecule has 1 aromatic carbocycles. The molecule has 0 aliphatic carbocycles. The van der Waals surface area contributed by atoms with Crippen molar-refractivity contribution in [3.05, 3.63) is 46.9 Å². The van der Waals surface area contributed by atoms with Gasteiger partial charge in [0.15, 0.2) is 6.61 Å². The second-order valence-corrected chi connectivity index (χ2v) is 5.15. The third-order valence-electron chi connectivity index (χ3n) is 3.22. The summed E-state index contributed by atoms with van der Waals surface area (Å²) in [5, 5.41) is 2.66. The molecule has 6 nitrogen and oxygen atoms in total. The van der Waals surface area contributed by atoms with E-state index >= 15 is 0 Å². The SMILES string of the molecule is COc1ccc(C)cc1NC(=O)COC(=O)c1cc(C)oc1C. The van der Waals surface area contributed by atoms with Gasteiger partial charge < -0.3 is 19.2 Å². The summed E-state index contributed by atoms with van der Waals surface area (Å²) in [5.74, 6) is 0.582. The highest BCUT2D eigenvalue weighted by Crippen LogP contribution is 2.25. The van der Waals surface area contributed by atoms with E-state index in [4.69, 9.17) is 13.9 Å². The molecule has 0 spiro atoms. The van der Waals surface area contributed by atoms with E-state index in [1.807, 2.05) is 13.0 Å². The first-order valence-electron chi connectivity index (χ1n) is 7.09. The van der Waals surface area contributed by atoms with Gasteiger partial charge in [-0.3, -0.25) is 4.79 Å². The van der Waals surface area contributed by atoms with E-state index in [-0.39, 0.29) is 6.61 Å². The Balaban J connectivity index is 1.97. The minimum Gasteiger partial charge on any atom is -0.495 e. The van der Waals surface area contributed by atoms with Crippen LogP contribution in [0, 0.1) is 20.8 Å². The molecule has 0 fully saturated rings. The first-order chi connectivity index (χ1) is 10.9. The van der Waals surface area contributed by atoms with Crippen LogP contribution in [0.3, 0.4) is 0 Å². The van der Waals surface area contributed by atoms with E-state index in [2.05, 4.69) is 5.32 Å². The maximum Gasteiger partial charge on any atom is 0.342 e. The molecule has 2 aromatic rings. The number of esters is 1. The fourth-order valence-electron chi connectivity index (χ4n) is 2.15. The molecule has 0 aliphatic heterocycles. The van der Waals surface area contributed by atoms with Gasteiger partial charge in [0.25, 0.3) is 5.91 Å². The number of benzene rings is 1. The maximum atomic E-state index is 12.0. The predicted molar refractivity (Wildman–Crippen MR) is 84.8 cm³/mol. The van der Waals surface area contributed by atoms with E-state index in [0.717, 1.165) is 5.56 Å². The number of furan rings is 1. The molecule has 1 aromatic heterocycles. The maximum absolute atomic E-state index is 12.0. The number of amides is 1. The van der Waals surface area contributed by atoms with Crippen molar-refractivity contribution in [1.82, 2.24) is 0 Å². The number of anilines is 1. The van der Waals surface area contributed by atoms with Crippen molar-refractivity contribution in [2.45, 2.75) is 20.8 Å². The van der Waals surface area contributed by atoms with Crippen LogP contribution in [0.25, 0.3) is 0 Å². The summed E-state index contributed by atoms with van der Waals surface area (Å²) >= 11 is 0. The highest BCUT2D eigenvalue weighted by molar-refractivity contribution is 5.96. The van der Waals surface area contributed by atoms with Crippen LogP contribution in [0.1, 0.15) is 27.4 Å². The first kappa shape index (κ1) is 16.6. The largest absolute Gasteiger partial charge is 0.495 e. The Morgan fingerprint density at radius 1 is 1.17 bits per heavy atom. The van der Waals surface area contributed by atoms with E-state index in [1.54, 1.807) is 32.0 Å². The quantitative estimate of drug-likeness (QED) is 0.858. The molecule has 1 amide bonds. The van der Waals surface area contributed by atoms with Crippen molar-refractivity contribution < 1.29 is 23.5 Å². The molecule has 0 saturated carbocycles. The lowest BCUT2D eigenvalue weighted by Crippen LogP contribution is -2.21. The van der Waals surface area contributed by atoms with Gasteiger partial charge >= 0.3 is 5.97 Å². The summed E-state index contributed by atoms with van der Waals surface area (Å²) in [6.07, 6.45) is 0. The topological polar surface area (TPSA) is 77.8 Å². The van der Waals surface area contributed by atoms with Gasteiger partial charge in [0.05, 0.1) is 12.8 Å². The first-order valence-corrected chi connectivity index (χ1v) is 7.09. The molecule has 2 rings (SSSR count). The van der Waals surface area contributed by atoms with Gasteiger partial charge in [-0.15, -0.1) is 0 Å². The average molecular weight is 317 g/mol. The lowest BCUT2D eigenvalue weighted by Gasteiger charge is -2.11. The Kier molecular flexibility index (Phi) is 5.05. The Morgan fingerprint density at radius 2 is 1.91 bits per heavy atom. The third kappa shape index (κ3) is 4.12. The molecule has 6 heteroatoms. The summed E-state index contributed by atoms with van der Waals surface area (Å²) in [6.45, 7) is 4.92. The van der Waals surface area contributed by atoms with Gasteiger partial charge in [0.1, 0.15) is 22.8 Å². The lowest BCUT2D eigenvalue weighted by atomic mass is 10.2. The van der Waals surface area contributed by atoms with Crippen LogP contribution in [-0.2, 0) is 9.53 Å². The minimum absolute atomic E-state index is 0.323. The van der Waals surface area contributed by atoms with Crippen LogP contribution in [-0.4, -0.2) is 25.6 Å². The van der Waals surface area contributed by atoms with Crippen molar-refractivity contribution in [2.24, 2.45) is 0 Å². The summed E-state index contributed by atoms with van der Waals surface area (Å²) in [4.78, 5) is 23.9. The van der Waals surface area contributed by atoms with Crippen LogP contribution in [0.5, 0.6) is 5.75 Å². The van der Waals surface area contributed by atoms with Crippen molar-refractivity contribution in [2.75, 3.05) is 19.0 Å². The number of hydrogen-bond donors (Lipinski definition) is 1. The number of methoxy groups -OCH3 is 1. The Morgan fingerprint density at radius 3 is 2.52 bits per heavy atom. The lowest BCUT2D eigenvalue weighted by molar-refractivity contribution is -0.119. The standard InChI is InChI=1S/C17H19NO5/c1-10-5-6-15(21-4)14(7-10)18-16(19)9-22-17(20)13-8-11(2)23-12(13)3/h5-8H,9H2,1-4H3,(H,18,19). The average Bonchev–Trinajstić information content (AvgIpc) is 2.84. The Hall–Kier alpha value is -2.76.